The molecule has 1 atom stereocenters. The minimum Gasteiger partial charge on any atom is -0.454 e. The molecule has 1 saturated heterocycles. The average molecular weight is 606 g/mol. The van der Waals surface area contributed by atoms with Crippen LogP contribution in [-0.4, -0.2) is 55.2 Å². The first-order chi connectivity index (χ1) is 21.0. The van der Waals surface area contributed by atoms with E-state index in [4.69, 9.17) is 15.6 Å². The van der Waals surface area contributed by atoms with Gasteiger partial charge in [0.2, 0.25) is 11.7 Å². The van der Waals surface area contributed by atoms with Crippen LogP contribution in [0.1, 0.15) is 52.5 Å². The van der Waals surface area contributed by atoms with Gasteiger partial charge >= 0.3 is 0 Å². The van der Waals surface area contributed by atoms with Gasteiger partial charge in [-0.1, -0.05) is 12.1 Å². The molecule has 0 spiro atoms. The summed E-state index contributed by atoms with van der Waals surface area (Å²) >= 11 is 0. The molecule has 1 saturated carbocycles. The molecular formula is C32H34F3N7O2. The molecule has 230 valence electrons. The van der Waals surface area contributed by atoms with Crippen LogP contribution < -0.4 is 15.8 Å². The Morgan fingerprint density at radius 2 is 1.91 bits per heavy atom. The molecule has 6 rings (SSSR count). The van der Waals surface area contributed by atoms with E-state index in [-0.39, 0.29) is 46.1 Å². The average Bonchev–Trinajstić information content (AvgIpc) is 3.70. The van der Waals surface area contributed by atoms with Crippen LogP contribution in [0.25, 0.3) is 22.3 Å². The maximum Gasteiger partial charge on any atom is 0.249 e. The summed E-state index contributed by atoms with van der Waals surface area (Å²) in [5, 5.41) is 8.71. The van der Waals surface area contributed by atoms with Crippen molar-refractivity contribution >= 4 is 22.8 Å². The number of halogens is 3. The number of nitrogens with two attached hydrogens (primary N) is 1. The van der Waals surface area contributed by atoms with E-state index in [1.54, 1.807) is 4.68 Å². The van der Waals surface area contributed by atoms with Crippen LogP contribution in [0.4, 0.5) is 19.0 Å². The van der Waals surface area contributed by atoms with Gasteiger partial charge in [0.15, 0.2) is 17.2 Å². The topological polar surface area (TPSA) is 111 Å². The van der Waals surface area contributed by atoms with Gasteiger partial charge in [0.25, 0.3) is 0 Å². The lowest BCUT2D eigenvalue weighted by molar-refractivity contribution is -0.128. The van der Waals surface area contributed by atoms with Gasteiger partial charge in [-0.3, -0.25) is 4.79 Å². The van der Waals surface area contributed by atoms with Crippen molar-refractivity contribution in [1.82, 2.24) is 30.0 Å². The van der Waals surface area contributed by atoms with E-state index in [9.17, 15) is 13.6 Å². The number of nitrogens with zero attached hydrogens (tertiary/aromatic N) is 5. The van der Waals surface area contributed by atoms with Crippen LogP contribution in [0.2, 0.25) is 0 Å². The van der Waals surface area contributed by atoms with Gasteiger partial charge in [-0.05, 0) is 70.7 Å². The van der Waals surface area contributed by atoms with Gasteiger partial charge < -0.3 is 20.7 Å². The fraction of sp³-hybridized carbons (Fsp3) is 0.375. The third-order valence-electron chi connectivity index (χ3n) is 7.96. The summed E-state index contributed by atoms with van der Waals surface area (Å²) < 4.78 is 50.4. The maximum atomic E-state index is 15.6. The second kappa shape index (κ2) is 11.6. The molecule has 9 nitrogen and oxygen atoms in total. The van der Waals surface area contributed by atoms with Crippen LogP contribution in [-0.2, 0) is 4.79 Å². The van der Waals surface area contributed by atoms with Crippen molar-refractivity contribution in [3.05, 3.63) is 71.8 Å². The highest BCUT2D eigenvalue weighted by molar-refractivity contribution is 5.98. The fourth-order valence-electron chi connectivity index (χ4n) is 5.87. The van der Waals surface area contributed by atoms with Crippen molar-refractivity contribution < 1.29 is 22.7 Å². The van der Waals surface area contributed by atoms with Crippen LogP contribution in [0, 0.1) is 17.5 Å². The SMILES string of the molecule is CC(=CC(C)(C)NC1CC1)C(=O)N1CCC[C@H](n2nc(-c3ccc(Oc4cccc(F)c4F)cc3F)c3c(N)ncnc32)C1. The molecule has 2 aromatic carbocycles. The summed E-state index contributed by atoms with van der Waals surface area (Å²) in [6.45, 7) is 6.99. The number of hydrogen-bond acceptors (Lipinski definition) is 7. The number of amides is 1. The molecule has 3 heterocycles. The summed E-state index contributed by atoms with van der Waals surface area (Å²) in [7, 11) is 0. The highest BCUT2D eigenvalue weighted by Gasteiger charge is 2.32. The number of nitrogen functional groups attached to an aromatic ring is 1. The Morgan fingerprint density at radius 1 is 1.11 bits per heavy atom. The lowest BCUT2D eigenvalue weighted by atomic mass is 9.99. The van der Waals surface area contributed by atoms with Crippen LogP contribution in [0.15, 0.2) is 54.4 Å². The number of carbonyl (C=O) groups excluding carboxylic acids is 1. The zero-order valence-electron chi connectivity index (χ0n) is 24.8. The molecule has 1 amide bonds. The summed E-state index contributed by atoms with van der Waals surface area (Å²) in [6, 6.07) is 7.72. The molecule has 1 aliphatic carbocycles. The predicted molar refractivity (Wildman–Crippen MR) is 160 cm³/mol. The van der Waals surface area contributed by atoms with E-state index in [2.05, 4.69) is 29.1 Å². The number of ether oxygens (including phenoxy) is 1. The number of likely N-dealkylation sites (tertiary alicyclic amines) is 1. The number of benzene rings is 2. The molecule has 3 N–H and O–H groups in total. The largest absolute Gasteiger partial charge is 0.454 e. The van der Waals surface area contributed by atoms with Gasteiger partial charge in [0.05, 0.1) is 11.4 Å². The second-order valence-electron chi connectivity index (χ2n) is 12.1. The van der Waals surface area contributed by atoms with E-state index in [0.717, 1.165) is 37.8 Å². The molecule has 2 aliphatic rings. The van der Waals surface area contributed by atoms with Crippen LogP contribution in [0.3, 0.4) is 0 Å². The molecular weight excluding hydrogens is 571 g/mol. The monoisotopic (exact) mass is 605 g/mol. The summed E-state index contributed by atoms with van der Waals surface area (Å²) in [5.41, 5.74) is 7.39. The van der Waals surface area contributed by atoms with Crippen LogP contribution in [0.5, 0.6) is 11.5 Å². The number of fused-ring (bicyclic) bond motifs is 1. The Labute approximate surface area is 252 Å². The molecule has 2 fully saturated rings. The van der Waals surface area contributed by atoms with Gasteiger partial charge in [-0.2, -0.15) is 9.49 Å². The van der Waals surface area contributed by atoms with Crippen LogP contribution >= 0.6 is 0 Å². The maximum absolute atomic E-state index is 15.6. The predicted octanol–water partition coefficient (Wildman–Crippen LogP) is 5.93. The van der Waals surface area contributed by atoms with Gasteiger partial charge in [-0.15, -0.1) is 0 Å². The summed E-state index contributed by atoms with van der Waals surface area (Å²) in [6.07, 6.45) is 7.11. The quantitative estimate of drug-likeness (QED) is 0.240. The Kier molecular flexibility index (Phi) is 7.79. The number of nitrogens with one attached hydrogen (secondary N) is 1. The number of anilines is 1. The number of aromatic nitrogens is 4. The zero-order chi connectivity index (χ0) is 31.2. The number of hydrogen-bond donors (Lipinski definition) is 2. The molecule has 0 unspecified atom stereocenters. The van der Waals surface area contributed by atoms with Gasteiger partial charge in [-0.25, -0.2) is 23.4 Å². The Morgan fingerprint density at radius 3 is 2.66 bits per heavy atom. The molecule has 2 aromatic heterocycles. The highest BCUT2D eigenvalue weighted by atomic mass is 19.2. The molecule has 0 bridgehead atoms. The summed E-state index contributed by atoms with van der Waals surface area (Å²) in [4.78, 5) is 23.9. The van der Waals surface area contributed by atoms with Crippen molar-refractivity contribution in [3.63, 3.8) is 0 Å². The van der Waals surface area contributed by atoms with Crippen molar-refractivity contribution in [2.45, 2.75) is 64.1 Å². The zero-order valence-corrected chi connectivity index (χ0v) is 24.8. The highest BCUT2D eigenvalue weighted by Crippen LogP contribution is 2.37. The van der Waals surface area contributed by atoms with Crippen molar-refractivity contribution in [2.24, 2.45) is 0 Å². The third kappa shape index (κ3) is 5.99. The van der Waals surface area contributed by atoms with Crippen molar-refractivity contribution in [3.8, 4) is 22.8 Å². The first-order valence-electron chi connectivity index (χ1n) is 14.7. The molecule has 4 aromatic rings. The smallest absolute Gasteiger partial charge is 0.249 e. The standard InChI is InChI=1S/C32H34F3N7O2/c1-18(15-32(2,3)39-19-9-10-19)31(43)41-13-5-6-20(16-41)42-30-26(29(36)37-17-38-30)28(40-42)22-12-11-21(14-24(22)34)44-25-8-4-7-23(33)27(25)35/h4,7-8,11-12,14-15,17,19-20,39H,5-6,9-10,13,16H2,1-3H3,(H2,36,37,38)/t20-/m0/s1. The second-order valence-corrected chi connectivity index (χ2v) is 12.1. The van der Waals surface area contributed by atoms with Gasteiger partial charge in [0, 0.05) is 41.9 Å². The summed E-state index contributed by atoms with van der Waals surface area (Å²) in [5.74, 6) is -3.25. The lowest BCUT2D eigenvalue weighted by Crippen LogP contribution is -2.43. The van der Waals surface area contributed by atoms with E-state index in [1.807, 2.05) is 17.9 Å². The first-order valence-corrected chi connectivity index (χ1v) is 14.7. The van der Waals surface area contributed by atoms with Crippen molar-refractivity contribution in [2.75, 3.05) is 18.8 Å². The molecule has 0 radical (unpaired) electrons. The van der Waals surface area contributed by atoms with Crippen molar-refractivity contribution in [1.29, 1.82) is 0 Å². The first kappa shape index (κ1) is 29.6. The van der Waals surface area contributed by atoms with E-state index >= 15 is 4.39 Å². The Balaban J connectivity index is 1.28. The Bertz CT molecular complexity index is 1770. The minimum atomic E-state index is -1.17. The number of carbonyl (C=O) groups is 1. The fourth-order valence-corrected chi connectivity index (χ4v) is 5.87. The number of piperidine rings is 1. The lowest BCUT2D eigenvalue weighted by Gasteiger charge is -2.34. The minimum absolute atomic E-state index is 0.0240. The van der Waals surface area contributed by atoms with E-state index in [0.29, 0.717) is 35.7 Å². The van der Waals surface area contributed by atoms with E-state index < -0.39 is 17.5 Å². The van der Waals surface area contributed by atoms with Gasteiger partial charge in [0.1, 0.15) is 29.4 Å². The molecule has 44 heavy (non-hydrogen) atoms. The Hall–Kier alpha value is -4.45. The molecule has 1 aliphatic heterocycles. The number of rotatable bonds is 8. The third-order valence-corrected chi connectivity index (χ3v) is 7.96. The van der Waals surface area contributed by atoms with E-state index in [1.165, 1.54) is 30.6 Å². The molecule has 12 heteroatoms. The normalized spacial score (nSPS) is 17.7.